The fourth-order valence-corrected chi connectivity index (χ4v) is 4.44. The van der Waals surface area contributed by atoms with E-state index in [1.165, 1.54) is 12.0 Å². The van der Waals surface area contributed by atoms with Gasteiger partial charge in [-0.05, 0) is 76.9 Å². The van der Waals surface area contributed by atoms with Crippen molar-refractivity contribution < 1.29 is 23.9 Å². The molecule has 9 heteroatoms. The zero-order valence-electron chi connectivity index (χ0n) is 17.9. The molecular weight excluding hydrogens is 496 g/mol. The highest BCUT2D eigenvalue weighted by molar-refractivity contribution is 9.10. The van der Waals surface area contributed by atoms with Crippen molar-refractivity contribution in [3.8, 4) is 11.5 Å². The molecule has 0 atom stereocenters. The normalized spacial score (nSPS) is 14.8. The number of hydrogen-bond acceptors (Lipinski definition) is 6. The SMILES string of the molecule is CCCN1C(=O)S/C(=C/c2cc(Br)c(OCC(=O)Nc3ccc(C)cc3)c(OC)c2)C1=O. The van der Waals surface area contributed by atoms with Crippen molar-refractivity contribution in [2.24, 2.45) is 0 Å². The molecule has 32 heavy (non-hydrogen) atoms. The third-order valence-corrected chi connectivity index (χ3v) is 6.05. The first-order chi connectivity index (χ1) is 15.3. The molecule has 1 aliphatic heterocycles. The Balaban J connectivity index is 1.72. The van der Waals surface area contributed by atoms with Crippen molar-refractivity contribution in [2.75, 3.05) is 25.6 Å². The number of nitrogens with one attached hydrogen (secondary N) is 1. The number of ether oxygens (including phenoxy) is 2. The molecule has 1 N–H and O–H groups in total. The summed E-state index contributed by atoms with van der Waals surface area (Å²) in [6.07, 6.45) is 2.34. The number of carbonyl (C=O) groups excluding carboxylic acids is 3. The van der Waals surface area contributed by atoms with E-state index in [1.54, 1.807) is 18.2 Å². The second kappa shape index (κ2) is 10.7. The number of rotatable bonds is 8. The van der Waals surface area contributed by atoms with Crippen LogP contribution in [0.5, 0.6) is 11.5 Å². The molecule has 0 aliphatic carbocycles. The molecule has 0 spiro atoms. The molecule has 2 aromatic rings. The third-order valence-electron chi connectivity index (χ3n) is 4.55. The van der Waals surface area contributed by atoms with Crippen LogP contribution >= 0.6 is 27.7 Å². The number of benzene rings is 2. The van der Waals surface area contributed by atoms with Crippen LogP contribution < -0.4 is 14.8 Å². The highest BCUT2D eigenvalue weighted by Crippen LogP contribution is 2.39. The zero-order chi connectivity index (χ0) is 23.3. The smallest absolute Gasteiger partial charge is 0.293 e. The van der Waals surface area contributed by atoms with Gasteiger partial charge >= 0.3 is 0 Å². The van der Waals surface area contributed by atoms with Gasteiger partial charge in [0.05, 0.1) is 16.5 Å². The molecule has 3 rings (SSSR count). The maximum absolute atomic E-state index is 12.5. The van der Waals surface area contributed by atoms with E-state index in [-0.39, 0.29) is 23.7 Å². The number of imide groups is 1. The number of nitrogens with zero attached hydrogens (tertiary/aromatic N) is 1. The van der Waals surface area contributed by atoms with Gasteiger partial charge < -0.3 is 14.8 Å². The van der Waals surface area contributed by atoms with Crippen molar-refractivity contribution >= 4 is 56.5 Å². The molecule has 1 aliphatic rings. The van der Waals surface area contributed by atoms with E-state index in [2.05, 4.69) is 21.2 Å². The summed E-state index contributed by atoms with van der Waals surface area (Å²) >= 11 is 4.36. The molecule has 1 heterocycles. The second-order valence-electron chi connectivity index (χ2n) is 7.07. The van der Waals surface area contributed by atoms with Gasteiger partial charge in [-0.1, -0.05) is 24.6 Å². The van der Waals surface area contributed by atoms with Crippen molar-refractivity contribution in [3.05, 3.63) is 56.9 Å². The molecule has 0 aromatic heterocycles. The van der Waals surface area contributed by atoms with E-state index in [9.17, 15) is 14.4 Å². The number of thioether (sulfide) groups is 1. The Morgan fingerprint density at radius 1 is 1.22 bits per heavy atom. The molecule has 3 amide bonds. The molecular formula is C23H23BrN2O5S. The van der Waals surface area contributed by atoms with E-state index in [0.29, 0.717) is 45.1 Å². The summed E-state index contributed by atoms with van der Waals surface area (Å²) in [6.45, 7) is 4.07. The topological polar surface area (TPSA) is 84.9 Å². The number of halogens is 1. The fourth-order valence-electron chi connectivity index (χ4n) is 3.00. The van der Waals surface area contributed by atoms with Crippen LogP contribution in [0.4, 0.5) is 10.5 Å². The minimum Gasteiger partial charge on any atom is -0.493 e. The lowest BCUT2D eigenvalue weighted by atomic mass is 10.2. The monoisotopic (exact) mass is 518 g/mol. The molecule has 1 fully saturated rings. The van der Waals surface area contributed by atoms with Crippen molar-refractivity contribution in [1.82, 2.24) is 4.90 Å². The number of carbonyl (C=O) groups is 3. The lowest BCUT2D eigenvalue weighted by Gasteiger charge is -2.14. The number of aryl methyl sites for hydroxylation is 1. The zero-order valence-corrected chi connectivity index (χ0v) is 20.3. The second-order valence-corrected chi connectivity index (χ2v) is 8.92. The van der Waals surface area contributed by atoms with Gasteiger partial charge in [0, 0.05) is 12.2 Å². The summed E-state index contributed by atoms with van der Waals surface area (Å²) in [5, 5.41) is 2.50. The van der Waals surface area contributed by atoms with Gasteiger partial charge in [0.2, 0.25) is 0 Å². The van der Waals surface area contributed by atoms with Crippen LogP contribution in [-0.2, 0) is 9.59 Å². The van der Waals surface area contributed by atoms with Gasteiger partial charge in [-0.25, -0.2) is 0 Å². The van der Waals surface area contributed by atoms with Crippen molar-refractivity contribution in [3.63, 3.8) is 0 Å². The Kier molecular flexibility index (Phi) is 7.98. The molecule has 0 radical (unpaired) electrons. The first-order valence-electron chi connectivity index (χ1n) is 9.94. The summed E-state index contributed by atoms with van der Waals surface area (Å²) in [6, 6.07) is 10.9. The van der Waals surface area contributed by atoms with Gasteiger partial charge in [-0.2, -0.15) is 0 Å². The molecule has 2 aromatic carbocycles. The predicted molar refractivity (Wildman–Crippen MR) is 129 cm³/mol. The first-order valence-corrected chi connectivity index (χ1v) is 11.6. The van der Waals surface area contributed by atoms with E-state index in [1.807, 2.05) is 38.1 Å². The molecule has 168 valence electrons. The molecule has 7 nitrogen and oxygen atoms in total. The Hall–Kier alpha value is -2.78. The minimum absolute atomic E-state index is 0.210. The lowest BCUT2D eigenvalue weighted by molar-refractivity contribution is -0.122. The number of hydrogen-bond donors (Lipinski definition) is 1. The fraction of sp³-hybridized carbons (Fsp3) is 0.261. The minimum atomic E-state index is -0.309. The first kappa shape index (κ1) is 23.9. The summed E-state index contributed by atoms with van der Waals surface area (Å²) < 4.78 is 11.7. The molecule has 0 saturated carbocycles. The summed E-state index contributed by atoms with van der Waals surface area (Å²) in [5.74, 6) is 0.144. The van der Waals surface area contributed by atoms with Crippen LogP contribution in [0.2, 0.25) is 0 Å². The standard InChI is InChI=1S/C23H23BrN2O5S/c1-4-9-26-22(28)19(32-23(26)29)12-15-10-17(24)21(18(11-15)30-3)31-13-20(27)25-16-7-5-14(2)6-8-16/h5-8,10-12H,4,9,13H2,1-3H3,(H,25,27)/b19-12+. The lowest BCUT2D eigenvalue weighted by Crippen LogP contribution is -2.28. The van der Waals surface area contributed by atoms with E-state index >= 15 is 0 Å². The molecule has 0 unspecified atom stereocenters. The van der Waals surface area contributed by atoms with E-state index < -0.39 is 0 Å². The van der Waals surface area contributed by atoms with Crippen molar-refractivity contribution in [1.29, 1.82) is 0 Å². The number of amides is 3. The maximum atomic E-state index is 12.5. The van der Waals surface area contributed by atoms with Crippen LogP contribution in [0, 0.1) is 6.92 Å². The van der Waals surface area contributed by atoms with Gasteiger partial charge in [-0.15, -0.1) is 0 Å². The average molecular weight is 519 g/mol. The van der Waals surface area contributed by atoms with Crippen LogP contribution in [0.25, 0.3) is 6.08 Å². The van der Waals surface area contributed by atoms with Crippen LogP contribution in [0.3, 0.4) is 0 Å². The third kappa shape index (κ3) is 5.72. The summed E-state index contributed by atoms with van der Waals surface area (Å²) in [5.41, 5.74) is 2.44. The van der Waals surface area contributed by atoms with E-state index in [4.69, 9.17) is 9.47 Å². The van der Waals surface area contributed by atoms with Gasteiger partial charge in [-0.3, -0.25) is 19.3 Å². The highest BCUT2D eigenvalue weighted by atomic mass is 79.9. The number of methoxy groups -OCH3 is 1. The largest absolute Gasteiger partial charge is 0.493 e. The van der Waals surface area contributed by atoms with Gasteiger partial charge in [0.15, 0.2) is 18.1 Å². The summed E-state index contributed by atoms with van der Waals surface area (Å²) in [7, 11) is 1.49. The average Bonchev–Trinajstić information content (AvgIpc) is 3.02. The Morgan fingerprint density at radius 2 is 1.94 bits per heavy atom. The predicted octanol–water partition coefficient (Wildman–Crippen LogP) is 5.23. The maximum Gasteiger partial charge on any atom is 0.293 e. The molecule has 1 saturated heterocycles. The quantitative estimate of drug-likeness (QED) is 0.481. The molecule has 0 bridgehead atoms. The Bertz CT molecular complexity index is 1070. The number of anilines is 1. The highest BCUT2D eigenvalue weighted by Gasteiger charge is 2.34. The van der Waals surface area contributed by atoms with Crippen molar-refractivity contribution in [2.45, 2.75) is 20.3 Å². The van der Waals surface area contributed by atoms with Gasteiger partial charge in [0.25, 0.3) is 17.1 Å². The van der Waals surface area contributed by atoms with E-state index in [0.717, 1.165) is 17.3 Å². The van der Waals surface area contributed by atoms with Crippen LogP contribution in [0.15, 0.2) is 45.8 Å². The summed E-state index contributed by atoms with van der Waals surface area (Å²) in [4.78, 5) is 38.4. The Morgan fingerprint density at radius 3 is 2.59 bits per heavy atom. The van der Waals surface area contributed by atoms with Gasteiger partial charge in [0.1, 0.15) is 0 Å². The Labute approximate surface area is 199 Å². The van der Waals surface area contributed by atoms with Crippen LogP contribution in [-0.4, -0.2) is 42.2 Å². The van der Waals surface area contributed by atoms with Crippen LogP contribution in [0.1, 0.15) is 24.5 Å².